The van der Waals surface area contributed by atoms with Crippen LogP contribution in [-0.4, -0.2) is 48.2 Å². The van der Waals surface area contributed by atoms with Crippen molar-refractivity contribution >= 4 is 23.1 Å². The molecule has 196 valence electrons. The van der Waals surface area contributed by atoms with Gasteiger partial charge >= 0.3 is 6.03 Å². The summed E-state index contributed by atoms with van der Waals surface area (Å²) in [6, 6.07) is 17.6. The molecule has 7 nitrogen and oxygen atoms in total. The van der Waals surface area contributed by atoms with Gasteiger partial charge in [0.15, 0.2) is 0 Å². The normalized spacial score (nSPS) is 16.7. The van der Waals surface area contributed by atoms with E-state index in [1.165, 1.54) is 21.0 Å². The third-order valence-corrected chi connectivity index (χ3v) is 8.80. The highest BCUT2D eigenvalue weighted by Crippen LogP contribution is 2.44. The number of carbonyl (C=O) groups excluding carboxylic acids is 1. The summed E-state index contributed by atoms with van der Waals surface area (Å²) >= 11 is 1.85. The molecule has 2 aromatic carbocycles. The van der Waals surface area contributed by atoms with E-state index in [1.54, 1.807) is 14.2 Å². The first-order valence-electron chi connectivity index (χ1n) is 12.8. The van der Waals surface area contributed by atoms with E-state index in [0.29, 0.717) is 18.0 Å². The molecular weight excluding hydrogens is 496 g/mol. The summed E-state index contributed by atoms with van der Waals surface area (Å²) in [7, 11) is 5.46. The number of aryl methyl sites for hydroxylation is 1. The first-order chi connectivity index (χ1) is 18.5. The van der Waals surface area contributed by atoms with Gasteiger partial charge in [0.05, 0.1) is 38.2 Å². The average Bonchev–Trinajstić information content (AvgIpc) is 3.50. The van der Waals surface area contributed by atoms with E-state index < -0.39 is 0 Å². The van der Waals surface area contributed by atoms with E-state index in [2.05, 4.69) is 52.3 Å². The monoisotopic (exact) mass is 528 g/mol. The lowest BCUT2D eigenvalue weighted by Crippen LogP contribution is -2.38. The third kappa shape index (κ3) is 4.23. The molecule has 0 fully saturated rings. The molecule has 2 aliphatic heterocycles. The van der Waals surface area contributed by atoms with Gasteiger partial charge in [0.25, 0.3) is 0 Å². The largest absolute Gasteiger partial charge is 0.497 e. The van der Waals surface area contributed by atoms with E-state index in [4.69, 9.17) is 9.47 Å². The second-order valence-corrected chi connectivity index (χ2v) is 11.1. The summed E-state index contributed by atoms with van der Waals surface area (Å²) in [6.45, 7) is 4.49. The fourth-order valence-electron chi connectivity index (χ4n) is 5.60. The van der Waals surface area contributed by atoms with Crippen molar-refractivity contribution in [1.29, 1.82) is 0 Å². The number of ether oxygens (including phenoxy) is 2. The Morgan fingerprint density at radius 2 is 1.84 bits per heavy atom. The number of methoxy groups -OCH3 is 2. The van der Waals surface area contributed by atoms with Crippen molar-refractivity contribution < 1.29 is 14.3 Å². The van der Waals surface area contributed by atoms with Gasteiger partial charge in [-0.3, -0.25) is 0 Å². The van der Waals surface area contributed by atoms with Crippen LogP contribution < -0.4 is 14.8 Å². The predicted molar refractivity (Wildman–Crippen MR) is 151 cm³/mol. The summed E-state index contributed by atoms with van der Waals surface area (Å²) in [5.74, 6) is 1.43. The molecule has 2 amide bonds. The van der Waals surface area contributed by atoms with E-state index >= 15 is 0 Å². The summed E-state index contributed by atoms with van der Waals surface area (Å²) in [5.41, 5.74) is 6.45. The number of likely N-dealkylation sites (N-methyl/N-ethyl adjacent to an activating group) is 1. The van der Waals surface area contributed by atoms with Crippen LogP contribution in [0.1, 0.15) is 38.9 Å². The van der Waals surface area contributed by atoms with Crippen molar-refractivity contribution in [1.82, 2.24) is 14.4 Å². The number of nitrogens with zero attached hydrogens (tertiary/aromatic N) is 3. The van der Waals surface area contributed by atoms with Crippen LogP contribution in [0.25, 0.3) is 5.00 Å². The van der Waals surface area contributed by atoms with Crippen molar-refractivity contribution in [3.05, 3.63) is 93.6 Å². The summed E-state index contributed by atoms with van der Waals surface area (Å²) in [4.78, 5) is 19.9. The number of amides is 2. The molecule has 0 spiro atoms. The number of thiophene rings is 1. The standard InChI is InChI=1S/C30H32N4O3S/c1-19-7-12-26(37-4)24(16-19)31-30(35)34-17-23-22-13-15-32(2)18-27(22)38-29(23)33-14-5-6-25(33)28(34)20-8-10-21(36-3)11-9-20/h5-12,14,16,28H,13,15,17-18H2,1-4H3,(H,31,35). The van der Waals surface area contributed by atoms with Crippen molar-refractivity contribution in [2.24, 2.45) is 0 Å². The molecule has 1 atom stereocenters. The molecule has 4 heterocycles. The van der Waals surface area contributed by atoms with E-state index in [-0.39, 0.29) is 12.1 Å². The van der Waals surface area contributed by atoms with Crippen LogP contribution in [0, 0.1) is 6.92 Å². The van der Waals surface area contributed by atoms with Crippen LogP contribution in [0.5, 0.6) is 11.5 Å². The smallest absolute Gasteiger partial charge is 0.323 e. The molecule has 1 N–H and O–H groups in total. The summed E-state index contributed by atoms with van der Waals surface area (Å²) in [5, 5.41) is 4.39. The SMILES string of the molecule is COc1ccc(C2c3cccn3-c3sc4c(c3CN2C(=O)Nc2cc(C)ccc2OC)CCN(C)C4)cc1. The lowest BCUT2D eigenvalue weighted by molar-refractivity contribution is 0.194. The van der Waals surface area contributed by atoms with Gasteiger partial charge < -0.3 is 29.2 Å². The molecule has 2 aliphatic rings. The maximum Gasteiger partial charge on any atom is 0.323 e. The van der Waals surface area contributed by atoms with E-state index in [1.807, 2.05) is 53.5 Å². The molecule has 4 aromatic rings. The van der Waals surface area contributed by atoms with Gasteiger partial charge in [-0.05, 0) is 73.5 Å². The van der Waals surface area contributed by atoms with Crippen molar-refractivity contribution in [2.75, 3.05) is 33.1 Å². The Labute approximate surface area is 227 Å². The number of rotatable bonds is 4. The Bertz CT molecular complexity index is 1490. The van der Waals surface area contributed by atoms with Gasteiger partial charge in [-0.2, -0.15) is 0 Å². The minimum atomic E-state index is -0.284. The fraction of sp³-hybridized carbons (Fsp3) is 0.300. The molecule has 2 aromatic heterocycles. The molecule has 0 saturated carbocycles. The minimum absolute atomic E-state index is 0.164. The first-order valence-corrected chi connectivity index (χ1v) is 13.6. The first kappa shape index (κ1) is 24.6. The van der Waals surface area contributed by atoms with Gasteiger partial charge in [0.1, 0.15) is 16.5 Å². The van der Waals surface area contributed by atoms with Crippen LogP contribution >= 0.6 is 11.3 Å². The van der Waals surface area contributed by atoms with Crippen LogP contribution in [0.15, 0.2) is 60.8 Å². The number of urea groups is 1. The topological polar surface area (TPSA) is 59.0 Å². The number of nitrogens with one attached hydrogen (secondary N) is 1. The maximum absolute atomic E-state index is 14.2. The molecule has 38 heavy (non-hydrogen) atoms. The highest BCUT2D eigenvalue weighted by atomic mass is 32.1. The summed E-state index contributed by atoms with van der Waals surface area (Å²) < 4.78 is 13.3. The molecular formula is C30H32N4O3S. The van der Waals surface area contributed by atoms with Gasteiger partial charge in [-0.25, -0.2) is 4.79 Å². The van der Waals surface area contributed by atoms with E-state index in [0.717, 1.165) is 42.1 Å². The molecule has 1 unspecified atom stereocenters. The minimum Gasteiger partial charge on any atom is -0.497 e. The van der Waals surface area contributed by atoms with Crippen LogP contribution in [0.2, 0.25) is 0 Å². The lowest BCUT2D eigenvalue weighted by Gasteiger charge is -2.32. The van der Waals surface area contributed by atoms with Crippen molar-refractivity contribution in [3.63, 3.8) is 0 Å². The lowest BCUT2D eigenvalue weighted by atomic mass is 10.00. The zero-order chi connectivity index (χ0) is 26.4. The predicted octanol–water partition coefficient (Wildman–Crippen LogP) is 5.99. The van der Waals surface area contributed by atoms with Gasteiger partial charge in [-0.15, -0.1) is 11.3 Å². The Balaban J connectivity index is 1.49. The van der Waals surface area contributed by atoms with Crippen molar-refractivity contribution in [2.45, 2.75) is 32.5 Å². The van der Waals surface area contributed by atoms with Crippen molar-refractivity contribution in [3.8, 4) is 16.5 Å². The highest BCUT2D eigenvalue weighted by molar-refractivity contribution is 7.15. The average molecular weight is 529 g/mol. The van der Waals surface area contributed by atoms with Crippen LogP contribution in [0.4, 0.5) is 10.5 Å². The second kappa shape index (κ2) is 9.85. The van der Waals surface area contributed by atoms with Crippen LogP contribution in [0.3, 0.4) is 0 Å². The fourth-order valence-corrected chi connectivity index (χ4v) is 7.04. The molecule has 0 bridgehead atoms. The number of benzene rings is 2. The number of anilines is 1. The molecule has 0 aliphatic carbocycles. The van der Waals surface area contributed by atoms with Crippen LogP contribution in [-0.2, 0) is 19.5 Å². The number of fused-ring (bicyclic) bond motifs is 5. The second-order valence-electron chi connectivity index (χ2n) is 10.0. The quantitative estimate of drug-likeness (QED) is 0.354. The number of carbonyl (C=O) groups is 1. The molecule has 0 radical (unpaired) electrons. The number of hydrogen-bond acceptors (Lipinski definition) is 5. The Morgan fingerprint density at radius 3 is 2.61 bits per heavy atom. The summed E-state index contributed by atoms with van der Waals surface area (Å²) in [6.07, 6.45) is 3.12. The zero-order valence-electron chi connectivity index (χ0n) is 22.2. The molecule has 8 heteroatoms. The van der Waals surface area contributed by atoms with E-state index in [9.17, 15) is 4.79 Å². The van der Waals surface area contributed by atoms with Gasteiger partial charge in [0.2, 0.25) is 0 Å². The highest BCUT2D eigenvalue weighted by Gasteiger charge is 2.36. The van der Waals surface area contributed by atoms with Gasteiger partial charge in [-0.1, -0.05) is 18.2 Å². The zero-order valence-corrected chi connectivity index (χ0v) is 23.0. The number of aromatic nitrogens is 1. The Morgan fingerprint density at radius 1 is 1.03 bits per heavy atom. The molecule has 6 rings (SSSR count). The van der Waals surface area contributed by atoms with Gasteiger partial charge in [0, 0.05) is 29.7 Å². The Hall–Kier alpha value is -3.75. The maximum atomic E-state index is 14.2. The molecule has 0 saturated heterocycles. The Kier molecular flexibility index (Phi) is 6.37. The number of hydrogen-bond donors (Lipinski definition) is 1. The third-order valence-electron chi connectivity index (χ3n) is 7.54.